The van der Waals surface area contributed by atoms with Crippen LogP contribution in [0.15, 0.2) is 188 Å². The van der Waals surface area contributed by atoms with Crippen LogP contribution < -0.4 is 36.0 Å². The van der Waals surface area contributed by atoms with E-state index in [1.165, 1.54) is 97.1 Å². The maximum absolute atomic E-state index is 2.79. The van der Waals surface area contributed by atoms with Crippen LogP contribution in [-0.2, 0) is 16.2 Å². The Morgan fingerprint density at radius 2 is 1.00 bits per heavy atom. The van der Waals surface area contributed by atoms with Gasteiger partial charge in [0.1, 0.15) is 0 Å². The zero-order chi connectivity index (χ0) is 47.5. The predicted octanol–water partition coefficient (Wildman–Crippen LogP) is 15.6. The van der Waals surface area contributed by atoms with Crippen LogP contribution in [-0.4, -0.2) is 12.3 Å². The molecule has 1 aliphatic carbocycles. The average molecular weight is 899 g/mol. The largest absolute Gasteiger partial charge is 0.334 e. The lowest BCUT2D eigenvalue weighted by atomic mass is 9.33. The summed E-state index contributed by atoms with van der Waals surface area (Å²) >= 11 is 0. The van der Waals surface area contributed by atoms with Gasteiger partial charge in [-0.3, -0.25) is 0 Å². The fourth-order valence-corrected chi connectivity index (χ4v) is 12.6. The molecule has 0 aromatic heterocycles. The number of anilines is 11. The van der Waals surface area contributed by atoms with Crippen molar-refractivity contribution in [2.24, 2.45) is 0 Å². The Morgan fingerprint density at radius 3 is 1.67 bits per heavy atom. The van der Waals surface area contributed by atoms with Gasteiger partial charge in [-0.1, -0.05) is 158 Å². The average Bonchev–Trinajstić information content (AvgIpc) is 3.56. The Bertz CT molecular complexity index is 3220. The van der Waals surface area contributed by atoms with Crippen molar-refractivity contribution in [3.05, 3.63) is 205 Å². The first-order valence-corrected chi connectivity index (χ1v) is 25.3. The number of nitrogens with zero attached hydrogens (tertiary/aromatic N) is 4. The minimum atomic E-state index is -0.190. The summed E-state index contributed by atoms with van der Waals surface area (Å²) in [5.41, 5.74) is 21.2. The summed E-state index contributed by atoms with van der Waals surface area (Å²) in [5.74, 6) is 0. The molecule has 0 N–H and O–H groups in total. The van der Waals surface area contributed by atoms with Crippen LogP contribution in [0.4, 0.5) is 62.6 Å². The van der Waals surface area contributed by atoms with E-state index in [4.69, 9.17) is 0 Å². The quantitative estimate of drug-likeness (QED) is 0.154. The van der Waals surface area contributed by atoms with E-state index in [1.54, 1.807) is 0 Å². The second-order valence-corrected chi connectivity index (χ2v) is 22.6. The molecule has 0 bridgehead atoms. The molecule has 4 nitrogen and oxygen atoms in total. The molecular formula is C64H63BN4. The first-order chi connectivity index (χ1) is 33.2. The molecule has 12 rings (SSSR count). The molecular weight excluding hydrogens is 836 g/mol. The molecule has 3 heterocycles. The van der Waals surface area contributed by atoms with Crippen LogP contribution >= 0.6 is 0 Å². The highest BCUT2D eigenvalue weighted by Gasteiger charge is 2.58. The molecule has 8 aromatic carbocycles. The molecule has 0 radical (unpaired) electrons. The third kappa shape index (κ3) is 6.71. The van der Waals surface area contributed by atoms with Crippen molar-refractivity contribution >= 4 is 85.7 Å². The Hall–Kier alpha value is -6.98. The van der Waals surface area contributed by atoms with Crippen LogP contribution in [0, 0.1) is 0 Å². The highest BCUT2D eigenvalue weighted by atomic mass is 15.3. The lowest BCUT2D eigenvalue weighted by molar-refractivity contribution is 0.195. The number of benzene rings is 8. The highest BCUT2D eigenvalue weighted by molar-refractivity contribution is 7.00. The molecule has 0 saturated heterocycles. The van der Waals surface area contributed by atoms with Crippen molar-refractivity contribution < 1.29 is 0 Å². The second kappa shape index (κ2) is 15.8. The normalized spacial score (nSPS) is 19.1. The van der Waals surface area contributed by atoms with E-state index in [1.807, 2.05) is 0 Å². The minimum Gasteiger partial charge on any atom is -0.334 e. The summed E-state index contributed by atoms with van der Waals surface area (Å²) < 4.78 is 0. The van der Waals surface area contributed by atoms with Crippen LogP contribution in [0.5, 0.6) is 0 Å². The van der Waals surface area contributed by atoms with Gasteiger partial charge in [0.15, 0.2) is 0 Å². The van der Waals surface area contributed by atoms with Gasteiger partial charge in [-0.05, 0) is 155 Å². The molecule has 5 heteroatoms. The van der Waals surface area contributed by atoms with E-state index in [2.05, 4.69) is 263 Å². The monoisotopic (exact) mass is 899 g/mol. The SMILES string of the molecule is CC(C)(C)c1cccc(N2c3cc(C(C)(C)C)ccc3B3c4ccccc4N(c4ccccc4)c4cc(N5c6ccc(N(c7ccccc7)c7ccccc7)cc6C6(C)CCCCC56C)cc2c43)c1. The number of hydrogen-bond acceptors (Lipinski definition) is 4. The van der Waals surface area contributed by atoms with E-state index in [9.17, 15) is 0 Å². The standard InChI is InChI=1S/C64H63BN4/c1-61(2,3)44-23-22-30-49(39-44)68-57-40-45(62(4,5)6)33-35-54(57)65-53-31-18-19-32-56(53)67(48-28-16-11-17-29-48)58-42-51(43-59(68)60(58)65)69-55-36-34-50(41-52(55)63(7)37-20-21-38-64(63,69)8)66(46-24-12-9-13-25-46)47-26-14-10-15-27-47/h9-19,22-36,39-43H,20-21,37-38H2,1-8H3. The fraction of sp³-hybridized carbons (Fsp3) is 0.250. The number of hydrogen-bond donors (Lipinski definition) is 0. The molecule has 69 heavy (non-hydrogen) atoms. The summed E-state index contributed by atoms with van der Waals surface area (Å²) in [7, 11) is 0. The van der Waals surface area contributed by atoms with Crippen LogP contribution in [0.3, 0.4) is 0 Å². The molecule has 2 unspecified atom stereocenters. The maximum Gasteiger partial charge on any atom is 0.252 e. The van der Waals surface area contributed by atoms with Gasteiger partial charge >= 0.3 is 0 Å². The first-order valence-electron chi connectivity index (χ1n) is 25.3. The van der Waals surface area contributed by atoms with Crippen molar-refractivity contribution in [1.82, 2.24) is 0 Å². The van der Waals surface area contributed by atoms with Gasteiger partial charge in [-0.2, -0.15) is 0 Å². The van der Waals surface area contributed by atoms with E-state index in [0.717, 1.165) is 24.2 Å². The van der Waals surface area contributed by atoms with Gasteiger partial charge in [0, 0.05) is 68.0 Å². The van der Waals surface area contributed by atoms with Crippen molar-refractivity contribution in [3.8, 4) is 0 Å². The van der Waals surface area contributed by atoms with Gasteiger partial charge in [0.25, 0.3) is 6.71 Å². The smallest absolute Gasteiger partial charge is 0.252 e. The molecule has 3 aliphatic heterocycles. The zero-order valence-corrected chi connectivity index (χ0v) is 41.6. The Kier molecular flexibility index (Phi) is 9.91. The molecule has 1 saturated carbocycles. The Labute approximate surface area is 411 Å². The summed E-state index contributed by atoms with van der Waals surface area (Å²) in [5, 5.41) is 0. The van der Waals surface area contributed by atoms with Gasteiger partial charge < -0.3 is 19.6 Å². The van der Waals surface area contributed by atoms with Gasteiger partial charge in [0.2, 0.25) is 0 Å². The number of rotatable bonds is 6. The van der Waals surface area contributed by atoms with Crippen molar-refractivity contribution in [2.45, 2.75) is 103 Å². The number of para-hydroxylation sites is 4. The van der Waals surface area contributed by atoms with Crippen molar-refractivity contribution in [2.75, 3.05) is 19.6 Å². The van der Waals surface area contributed by atoms with Crippen LogP contribution in [0.2, 0.25) is 0 Å². The fourth-order valence-electron chi connectivity index (χ4n) is 12.6. The zero-order valence-electron chi connectivity index (χ0n) is 41.6. The second-order valence-electron chi connectivity index (χ2n) is 22.6. The summed E-state index contributed by atoms with van der Waals surface area (Å²) in [6.45, 7) is 19.2. The van der Waals surface area contributed by atoms with Gasteiger partial charge in [-0.15, -0.1) is 0 Å². The molecule has 2 atom stereocenters. The third-order valence-corrected chi connectivity index (χ3v) is 16.4. The summed E-state index contributed by atoms with van der Waals surface area (Å²) in [6, 6.07) is 71.2. The minimum absolute atomic E-state index is 0.0243. The maximum atomic E-state index is 2.79. The third-order valence-electron chi connectivity index (χ3n) is 16.4. The molecule has 0 amide bonds. The first kappa shape index (κ1) is 43.3. The van der Waals surface area contributed by atoms with Gasteiger partial charge in [0.05, 0.1) is 5.54 Å². The molecule has 0 spiro atoms. The van der Waals surface area contributed by atoms with Crippen LogP contribution in [0.25, 0.3) is 0 Å². The summed E-state index contributed by atoms with van der Waals surface area (Å²) in [6.07, 6.45) is 4.64. The summed E-state index contributed by atoms with van der Waals surface area (Å²) in [4.78, 5) is 10.4. The Morgan fingerprint density at radius 1 is 0.435 bits per heavy atom. The molecule has 342 valence electrons. The molecule has 8 aromatic rings. The van der Waals surface area contributed by atoms with Gasteiger partial charge in [-0.25, -0.2) is 0 Å². The highest BCUT2D eigenvalue weighted by Crippen LogP contribution is 2.62. The van der Waals surface area contributed by atoms with E-state index in [0.29, 0.717) is 0 Å². The van der Waals surface area contributed by atoms with Crippen molar-refractivity contribution in [3.63, 3.8) is 0 Å². The lowest BCUT2D eigenvalue weighted by Gasteiger charge is -2.51. The van der Waals surface area contributed by atoms with E-state index in [-0.39, 0.29) is 28.5 Å². The lowest BCUT2D eigenvalue weighted by Crippen LogP contribution is -2.61. The molecule has 1 fully saturated rings. The number of fused-ring (bicyclic) bond motifs is 7. The topological polar surface area (TPSA) is 13.0 Å². The molecule has 4 aliphatic rings. The van der Waals surface area contributed by atoms with E-state index >= 15 is 0 Å². The van der Waals surface area contributed by atoms with E-state index < -0.39 is 0 Å². The van der Waals surface area contributed by atoms with Crippen molar-refractivity contribution in [1.29, 1.82) is 0 Å². The van der Waals surface area contributed by atoms with Crippen LogP contribution in [0.1, 0.15) is 97.8 Å². The Balaban J connectivity index is 1.15. The predicted molar refractivity (Wildman–Crippen MR) is 295 cm³/mol.